The number of aliphatic hydroxyl groups is 1. The maximum absolute atomic E-state index is 12.0. The van der Waals surface area contributed by atoms with Gasteiger partial charge in [0.05, 0.1) is 11.1 Å². The molecular formula is C20H25ClO2. The number of fused-ring (bicyclic) bond motifs is 3. The van der Waals surface area contributed by atoms with E-state index < -0.39 is 0 Å². The standard InChI is InChI=1S/C20H25ClO2/c1-18-7-6-15(22)17(21)14(18)4-3-13-12(18)5-8-19(2)16(23)9-11-10-20(11,13)19/h6-7,11-13,16,23H,3-5,8-10H2,1-2H3/t11-,12-,13+,16+,18+,19+,20+/m0/s1. The average Bonchev–Trinajstić information content (AvgIpc) is 3.17. The van der Waals surface area contributed by atoms with Gasteiger partial charge in [0.25, 0.3) is 0 Å². The highest BCUT2D eigenvalue weighted by Crippen LogP contribution is 2.82. The Hall–Kier alpha value is -0.600. The molecule has 0 heterocycles. The summed E-state index contributed by atoms with van der Waals surface area (Å²) >= 11 is 6.41. The number of carbonyl (C=O) groups is 1. The Bertz CT molecular complexity index is 679. The Kier molecular flexibility index (Phi) is 2.65. The lowest BCUT2D eigenvalue weighted by atomic mass is 9.46. The Morgan fingerprint density at radius 1 is 1.26 bits per heavy atom. The predicted octanol–water partition coefficient (Wildman–Crippen LogP) is 4.22. The topological polar surface area (TPSA) is 37.3 Å². The molecule has 5 aliphatic carbocycles. The van der Waals surface area contributed by atoms with Crippen LogP contribution in [0.1, 0.15) is 52.4 Å². The molecule has 23 heavy (non-hydrogen) atoms. The van der Waals surface area contributed by atoms with Crippen molar-refractivity contribution in [2.45, 2.75) is 58.5 Å². The third-order valence-corrected chi connectivity index (χ3v) is 9.18. The first kappa shape index (κ1) is 14.7. The molecule has 2 nitrogen and oxygen atoms in total. The summed E-state index contributed by atoms with van der Waals surface area (Å²) in [6.45, 7) is 4.65. The zero-order valence-electron chi connectivity index (χ0n) is 13.9. The van der Waals surface area contributed by atoms with E-state index in [9.17, 15) is 9.90 Å². The number of aliphatic hydroxyl groups excluding tert-OH is 1. The lowest BCUT2D eigenvalue weighted by Crippen LogP contribution is -2.53. The van der Waals surface area contributed by atoms with Crippen LogP contribution in [0.5, 0.6) is 0 Å². The van der Waals surface area contributed by atoms with Crippen LogP contribution >= 0.6 is 11.6 Å². The highest BCUT2D eigenvalue weighted by atomic mass is 35.5. The minimum Gasteiger partial charge on any atom is -0.393 e. The fourth-order valence-electron chi connectivity index (χ4n) is 7.48. The van der Waals surface area contributed by atoms with Gasteiger partial charge in [-0.1, -0.05) is 31.5 Å². The second kappa shape index (κ2) is 4.14. The van der Waals surface area contributed by atoms with Gasteiger partial charge in [-0.15, -0.1) is 0 Å². The van der Waals surface area contributed by atoms with Crippen LogP contribution < -0.4 is 0 Å². The van der Waals surface area contributed by atoms with Crippen molar-refractivity contribution in [3.63, 3.8) is 0 Å². The molecule has 124 valence electrons. The lowest BCUT2D eigenvalue weighted by Gasteiger charge is -2.58. The largest absolute Gasteiger partial charge is 0.393 e. The molecule has 7 atom stereocenters. The molecule has 0 aliphatic heterocycles. The third kappa shape index (κ3) is 1.46. The molecule has 3 heteroatoms. The van der Waals surface area contributed by atoms with E-state index in [1.807, 2.05) is 0 Å². The van der Waals surface area contributed by atoms with Gasteiger partial charge < -0.3 is 5.11 Å². The van der Waals surface area contributed by atoms with Gasteiger partial charge in [0.15, 0.2) is 5.78 Å². The molecule has 1 spiro atoms. The summed E-state index contributed by atoms with van der Waals surface area (Å²) in [5, 5.41) is 11.1. The van der Waals surface area contributed by atoms with Crippen LogP contribution in [0.2, 0.25) is 0 Å². The Balaban J connectivity index is 1.60. The van der Waals surface area contributed by atoms with Crippen LogP contribution in [0.15, 0.2) is 22.8 Å². The SMILES string of the molecule is C[C@]12C=CC(=O)C(Cl)=C1CC[C@@H]1[C@@H]2CC[C@]2(C)[C@H](O)C[C@H]3C[C@@]312. The van der Waals surface area contributed by atoms with E-state index in [-0.39, 0.29) is 22.7 Å². The highest BCUT2D eigenvalue weighted by molar-refractivity contribution is 6.45. The maximum atomic E-state index is 12.0. The van der Waals surface area contributed by atoms with Gasteiger partial charge >= 0.3 is 0 Å². The molecule has 1 N–H and O–H groups in total. The molecule has 0 aromatic rings. The molecule has 0 saturated heterocycles. The first-order valence-electron chi connectivity index (χ1n) is 9.15. The Labute approximate surface area is 143 Å². The molecule has 0 aromatic heterocycles. The fourth-order valence-corrected chi connectivity index (χ4v) is 7.85. The highest BCUT2D eigenvalue weighted by Gasteiger charge is 2.77. The Morgan fingerprint density at radius 2 is 2.04 bits per heavy atom. The Morgan fingerprint density at radius 3 is 2.83 bits per heavy atom. The van der Waals surface area contributed by atoms with Gasteiger partial charge in [-0.25, -0.2) is 0 Å². The summed E-state index contributed by atoms with van der Waals surface area (Å²) in [6, 6.07) is 0. The van der Waals surface area contributed by atoms with Crippen molar-refractivity contribution in [2.75, 3.05) is 0 Å². The van der Waals surface area contributed by atoms with Crippen LogP contribution in [0.4, 0.5) is 0 Å². The molecule has 0 bridgehead atoms. The first-order chi connectivity index (χ1) is 10.8. The number of hydrogen-bond acceptors (Lipinski definition) is 2. The number of hydrogen-bond donors (Lipinski definition) is 1. The summed E-state index contributed by atoms with van der Waals surface area (Å²) < 4.78 is 0. The van der Waals surface area contributed by atoms with E-state index >= 15 is 0 Å². The monoisotopic (exact) mass is 332 g/mol. The summed E-state index contributed by atoms with van der Waals surface area (Å²) in [6.07, 6.45) is 10.4. The normalized spacial score (nSPS) is 56.8. The molecule has 5 rings (SSSR count). The quantitative estimate of drug-likeness (QED) is 0.721. The molecule has 0 amide bonds. The number of halogens is 1. The summed E-state index contributed by atoms with van der Waals surface area (Å²) in [5.41, 5.74) is 1.62. The molecule has 0 radical (unpaired) electrons. The van der Waals surface area contributed by atoms with E-state index in [2.05, 4.69) is 19.9 Å². The fraction of sp³-hybridized carbons (Fsp3) is 0.750. The van der Waals surface area contributed by atoms with Gasteiger partial charge in [0.2, 0.25) is 0 Å². The third-order valence-electron chi connectivity index (χ3n) is 8.77. The number of carbonyl (C=O) groups excluding carboxylic acids is 1. The molecule has 5 aliphatic rings. The lowest BCUT2D eigenvalue weighted by molar-refractivity contribution is -0.112. The van der Waals surface area contributed by atoms with E-state index in [1.54, 1.807) is 6.08 Å². The summed E-state index contributed by atoms with van der Waals surface area (Å²) in [5.74, 6) is 1.97. The van der Waals surface area contributed by atoms with E-state index in [0.717, 1.165) is 38.0 Å². The van der Waals surface area contributed by atoms with Gasteiger partial charge in [0, 0.05) is 5.41 Å². The zero-order chi connectivity index (χ0) is 16.2. The van der Waals surface area contributed by atoms with Crippen LogP contribution in [0.25, 0.3) is 0 Å². The van der Waals surface area contributed by atoms with Gasteiger partial charge in [-0.05, 0) is 78.8 Å². The molecule has 4 saturated carbocycles. The van der Waals surface area contributed by atoms with Gasteiger partial charge in [0.1, 0.15) is 0 Å². The van der Waals surface area contributed by atoms with E-state index in [0.29, 0.717) is 22.3 Å². The van der Waals surface area contributed by atoms with Crippen molar-refractivity contribution in [1.29, 1.82) is 0 Å². The number of rotatable bonds is 0. The van der Waals surface area contributed by atoms with Gasteiger partial charge in [-0.3, -0.25) is 4.79 Å². The molecule has 0 aromatic carbocycles. The van der Waals surface area contributed by atoms with Crippen molar-refractivity contribution in [2.24, 2.45) is 34.0 Å². The molecule has 0 unspecified atom stereocenters. The maximum Gasteiger partial charge on any atom is 0.196 e. The van der Waals surface area contributed by atoms with Crippen LogP contribution in [0, 0.1) is 34.0 Å². The zero-order valence-corrected chi connectivity index (χ0v) is 14.7. The van der Waals surface area contributed by atoms with Crippen LogP contribution in [-0.4, -0.2) is 17.0 Å². The van der Waals surface area contributed by atoms with E-state index in [1.165, 1.54) is 12.0 Å². The first-order valence-corrected chi connectivity index (χ1v) is 9.53. The van der Waals surface area contributed by atoms with Crippen molar-refractivity contribution in [1.82, 2.24) is 0 Å². The van der Waals surface area contributed by atoms with Crippen LogP contribution in [-0.2, 0) is 4.79 Å². The van der Waals surface area contributed by atoms with E-state index in [4.69, 9.17) is 11.6 Å². The summed E-state index contributed by atoms with van der Waals surface area (Å²) in [7, 11) is 0. The van der Waals surface area contributed by atoms with Crippen LogP contribution in [0.3, 0.4) is 0 Å². The predicted molar refractivity (Wildman–Crippen MR) is 89.9 cm³/mol. The second-order valence-corrected chi connectivity index (χ2v) is 9.55. The smallest absolute Gasteiger partial charge is 0.196 e. The number of ketones is 1. The summed E-state index contributed by atoms with van der Waals surface area (Å²) in [4.78, 5) is 12.0. The molecular weight excluding hydrogens is 308 g/mol. The van der Waals surface area contributed by atoms with Crippen molar-refractivity contribution in [3.05, 3.63) is 22.8 Å². The second-order valence-electron chi connectivity index (χ2n) is 9.17. The van der Waals surface area contributed by atoms with Crippen molar-refractivity contribution in [3.8, 4) is 0 Å². The average molecular weight is 333 g/mol. The minimum absolute atomic E-state index is 0.0167. The van der Waals surface area contributed by atoms with Gasteiger partial charge in [-0.2, -0.15) is 0 Å². The molecule has 4 fully saturated rings. The van der Waals surface area contributed by atoms with Crippen molar-refractivity contribution >= 4 is 17.4 Å². The van der Waals surface area contributed by atoms with Crippen molar-refractivity contribution < 1.29 is 9.90 Å². The number of allylic oxidation sites excluding steroid dienone is 4. The minimum atomic E-state index is -0.112.